The molecular formula is C9H6ClNO2S. The van der Waals surface area contributed by atoms with Gasteiger partial charge in [0.05, 0.1) is 15.3 Å². The van der Waals surface area contributed by atoms with E-state index in [1.54, 1.807) is 17.5 Å². The lowest BCUT2D eigenvalue weighted by Crippen LogP contribution is -1.96. The largest absolute Gasteiger partial charge is 0.478 e. The highest BCUT2D eigenvalue weighted by Crippen LogP contribution is 2.35. The number of anilines is 1. The lowest BCUT2D eigenvalue weighted by Gasteiger charge is -1.99. The van der Waals surface area contributed by atoms with Crippen molar-refractivity contribution >= 4 is 44.7 Å². The second-order valence-corrected chi connectivity index (χ2v) is 4.08. The fourth-order valence-electron chi connectivity index (χ4n) is 1.30. The number of benzene rings is 1. The summed E-state index contributed by atoms with van der Waals surface area (Å²) in [5, 5.41) is 11.5. The average Bonchev–Trinajstić information content (AvgIpc) is 2.56. The molecule has 72 valence electrons. The minimum Gasteiger partial charge on any atom is -0.478 e. The molecule has 0 atom stereocenters. The quantitative estimate of drug-likeness (QED) is 0.737. The highest BCUT2D eigenvalue weighted by Gasteiger charge is 2.14. The normalized spacial score (nSPS) is 10.6. The zero-order valence-corrected chi connectivity index (χ0v) is 8.52. The summed E-state index contributed by atoms with van der Waals surface area (Å²) in [5.74, 6) is -0.981. The summed E-state index contributed by atoms with van der Waals surface area (Å²) >= 11 is 7.20. The smallest absolute Gasteiger partial charge is 0.337 e. The maximum Gasteiger partial charge on any atom is 0.337 e. The second kappa shape index (κ2) is 3.15. The first-order valence-electron chi connectivity index (χ1n) is 3.79. The van der Waals surface area contributed by atoms with Crippen LogP contribution in [0.5, 0.6) is 0 Å². The van der Waals surface area contributed by atoms with Gasteiger partial charge in [-0.2, -0.15) is 0 Å². The van der Waals surface area contributed by atoms with Crippen LogP contribution in [0, 0.1) is 0 Å². The summed E-state index contributed by atoms with van der Waals surface area (Å²) in [6.07, 6.45) is 0. The summed E-state index contributed by atoms with van der Waals surface area (Å²) in [7, 11) is 0. The van der Waals surface area contributed by atoms with Gasteiger partial charge in [0.25, 0.3) is 0 Å². The molecule has 1 heterocycles. The molecule has 2 aromatic rings. The molecule has 1 aromatic heterocycles. The van der Waals surface area contributed by atoms with Gasteiger partial charge in [-0.3, -0.25) is 0 Å². The Kier molecular flexibility index (Phi) is 2.09. The van der Waals surface area contributed by atoms with Crippen molar-refractivity contribution in [1.82, 2.24) is 0 Å². The van der Waals surface area contributed by atoms with Crippen LogP contribution in [0.3, 0.4) is 0 Å². The van der Waals surface area contributed by atoms with E-state index in [1.807, 2.05) is 0 Å². The van der Waals surface area contributed by atoms with Crippen molar-refractivity contribution < 1.29 is 9.90 Å². The molecule has 2 rings (SSSR count). The number of carbonyl (C=O) groups is 1. The van der Waals surface area contributed by atoms with Gasteiger partial charge in [0, 0.05) is 16.5 Å². The minimum absolute atomic E-state index is 0.213. The topological polar surface area (TPSA) is 63.3 Å². The number of rotatable bonds is 1. The molecule has 0 spiro atoms. The molecule has 1 aromatic carbocycles. The van der Waals surface area contributed by atoms with Gasteiger partial charge in [-0.1, -0.05) is 11.6 Å². The highest BCUT2D eigenvalue weighted by atomic mass is 35.5. The Morgan fingerprint density at radius 1 is 1.50 bits per heavy atom. The van der Waals surface area contributed by atoms with Crippen LogP contribution in [0.1, 0.15) is 10.4 Å². The van der Waals surface area contributed by atoms with Gasteiger partial charge in [0.1, 0.15) is 0 Å². The summed E-state index contributed by atoms with van der Waals surface area (Å²) < 4.78 is 0.726. The van der Waals surface area contributed by atoms with E-state index in [-0.39, 0.29) is 5.56 Å². The summed E-state index contributed by atoms with van der Waals surface area (Å²) in [5.41, 5.74) is 6.35. The SMILES string of the molecule is Nc1ccc(Cl)c2scc(C(=O)O)c12. The highest BCUT2D eigenvalue weighted by molar-refractivity contribution is 7.18. The Morgan fingerprint density at radius 2 is 2.21 bits per heavy atom. The molecular weight excluding hydrogens is 222 g/mol. The number of carboxylic acids is 1. The van der Waals surface area contributed by atoms with Crippen LogP contribution in [0.2, 0.25) is 5.02 Å². The number of thiophene rings is 1. The summed E-state index contributed by atoms with van der Waals surface area (Å²) in [4.78, 5) is 10.8. The van der Waals surface area contributed by atoms with Crippen LogP contribution >= 0.6 is 22.9 Å². The van der Waals surface area contributed by atoms with Crippen molar-refractivity contribution in [2.24, 2.45) is 0 Å². The third-order valence-corrected chi connectivity index (χ3v) is 3.38. The number of fused-ring (bicyclic) bond motifs is 1. The molecule has 14 heavy (non-hydrogen) atoms. The van der Waals surface area contributed by atoms with E-state index in [9.17, 15) is 4.79 Å². The lowest BCUT2D eigenvalue weighted by atomic mass is 10.1. The van der Waals surface area contributed by atoms with Crippen LogP contribution in [0.15, 0.2) is 17.5 Å². The maximum absolute atomic E-state index is 10.8. The van der Waals surface area contributed by atoms with Crippen LogP contribution in [-0.2, 0) is 0 Å². The molecule has 0 aliphatic heterocycles. The predicted octanol–water partition coefficient (Wildman–Crippen LogP) is 2.84. The average molecular weight is 228 g/mol. The van der Waals surface area contributed by atoms with Gasteiger partial charge in [-0.05, 0) is 12.1 Å². The molecule has 5 heteroatoms. The predicted molar refractivity (Wildman–Crippen MR) is 58.2 cm³/mol. The first-order valence-corrected chi connectivity index (χ1v) is 5.05. The molecule has 3 nitrogen and oxygen atoms in total. The van der Waals surface area contributed by atoms with E-state index in [1.165, 1.54) is 11.3 Å². The number of nitrogens with two attached hydrogens (primary N) is 1. The Labute approximate surface area is 88.7 Å². The van der Waals surface area contributed by atoms with Crippen LogP contribution < -0.4 is 5.73 Å². The summed E-state index contributed by atoms with van der Waals surface area (Å²) in [6.45, 7) is 0. The molecule has 0 aliphatic rings. The van der Waals surface area contributed by atoms with Crippen molar-refractivity contribution in [2.75, 3.05) is 5.73 Å². The number of halogens is 1. The fraction of sp³-hybridized carbons (Fsp3) is 0. The molecule has 0 unspecified atom stereocenters. The Bertz CT molecular complexity index is 521. The van der Waals surface area contributed by atoms with Gasteiger partial charge in [0.2, 0.25) is 0 Å². The van der Waals surface area contributed by atoms with E-state index in [0.29, 0.717) is 16.1 Å². The van der Waals surface area contributed by atoms with Gasteiger partial charge in [-0.25, -0.2) is 4.79 Å². The molecule has 0 radical (unpaired) electrons. The molecule has 3 N–H and O–H groups in total. The standard InChI is InChI=1S/C9H6ClNO2S/c10-5-1-2-6(11)7-4(9(12)13)3-14-8(5)7/h1-3H,11H2,(H,12,13). The number of aromatic carboxylic acids is 1. The zero-order chi connectivity index (χ0) is 10.3. The maximum atomic E-state index is 10.8. The van der Waals surface area contributed by atoms with E-state index >= 15 is 0 Å². The van der Waals surface area contributed by atoms with Crippen molar-refractivity contribution in [1.29, 1.82) is 0 Å². The number of carboxylic acid groups (broad SMARTS) is 1. The van der Waals surface area contributed by atoms with E-state index in [4.69, 9.17) is 22.4 Å². The second-order valence-electron chi connectivity index (χ2n) is 2.80. The van der Waals surface area contributed by atoms with Crippen molar-refractivity contribution in [3.63, 3.8) is 0 Å². The first-order chi connectivity index (χ1) is 6.61. The zero-order valence-electron chi connectivity index (χ0n) is 6.95. The molecule has 0 bridgehead atoms. The molecule has 0 amide bonds. The molecule has 0 aliphatic carbocycles. The Hall–Kier alpha value is -1.26. The third kappa shape index (κ3) is 1.23. The number of hydrogen-bond acceptors (Lipinski definition) is 3. The third-order valence-electron chi connectivity index (χ3n) is 1.94. The van der Waals surface area contributed by atoms with Gasteiger partial charge < -0.3 is 10.8 Å². The van der Waals surface area contributed by atoms with Gasteiger partial charge in [-0.15, -0.1) is 11.3 Å². The van der Waals surface area contributed by atoms with E-state index in [2.05, 4.69) is 0 Å². The summed E-state index contributed by atoms with van der Waals surface area (Å²) in [6, 6.07) is 3.28. The molecule has 0 fully saturated rings. The number of nitrogen functional groups attached to an aromatic ring is 1. The van der Waals surface area contributed by atoms with Crippen LogP contribution in [0.4, 0.5) is 5.69 Å². The van der Waals surface area contributed by atoms with Gasteiger partial charge in [0.15, 0.2) is 0 Å². The van der Waals surface area contributed by atoms with Crippen molar-refractivity contribution in [3.8, 4) is 0 Å². The minimum atomic E-state index is -0.981. The molecule has 0 saturated heterocycles. The Morgan fingerprint density at radius 3 is 2.86 bits per heavy atom. The number of hydrogen-bond donors (Lipinski definition) is 2. The first kappa shape index (κ1) is 9.30. The van der Waals surface area contributed by atoms with Crippen LogP contribution in [0.25, 0.3) is 10.1 Å². The van der Waals surface area contributed by atoms with Crippen molar-refractivity contribution in [2.45, 2.75) is 0 Å². The molecule has 0 saturated carbocycles. The fourth-order valence-corrected chi connectivity index (χ4v) is 2.57. The van der Waals surface area contributed by atoms with Crippen LogP contribution in [-0.4, -0.2) is 11.1 Å². The van der Waals surface area contributed by atoms with Crippen molar-refractivity contribution in [3.05, 3.63) is 28.1 Å². The van der Waals surface area contributed by atoms with E-state index in [0.717, 1.165) is 4.70 Å². The lowest BCUT2D eigenvalue weighted by molar-refractivity contribution is 0.0699. The monoisotopic (exact) mass is 227 g/mol. The van der Waals surface area contributed by atoms with Gasteiger partial charge >= 0.3 is 5.97 Å². The Balaban J connectivity index is 2.90. The van der Waals surface area contributed by atoms with E-state index < -0.39 is 5.97 Å².